The summed E-state index contributed by atoms with van der Waals surface area (Å²) in [6.07, 6.45) is 0. The number of nitrogens with one attached hydrogen (secondary N) is 1. The van der Waals surface area contributed by atoms with Gasteiger partial charge in [0.05, 0.1) is 13.1 Å². The van der Waals surface area contributed by atoms with Crippen LogP contribution in [0.3, 0.4) is 0 Å². The number of hydrogen-bond acceptors (Lipinski definition) is 3. The third-order valence-corrected chi connectivity index (χ3v) is 4.01. The topological polar surface area (TPSA) is 54.3 Å². The Labute approximate surface area is 141 Å². The van der Waals surface area contributed by atoms with Crippen LogP contribution in [0.15, 0.2) is 30.3 Å². The summed E-state index contributed by atoms with van der Waals surface area (Å²) in [4.78, 5) is 26.0. The molecule has 2 rings (SSSR count). The fourth-order valence-electron chi connectivity index (χ4n) is 2.54. The van der Waals surface area contributed by atoms with E-state index in [1.807, 2.05) is 31.5 Å². The van der Waals surface area contributed by atoms with Crippen LogP contribution in [0.4, 0.5) is 10.1 Å². The molecule has 0 radical (unpaired) electrons. The number of rotatable bonds is 6. The predicted octanol–water partition coefficient (Wildman–Crippen LogP) is 2.53. The zero-order valence-electron chi connectivity index (χ0n) is 14.4. The highest BCUT2D eigenvalue weighted by atomic mass is 19.1. The Morgan fingerprint density at radius 2 is 1.92 bits per heavy atom. The Morgan fingerprint density at radius 3 is 2.50 bits per heavy atom. The standard InChI is InChI=1S/C18H22FN3O2/c1-12-8-16(13(2)22(12)4)17(23)10-21(3)11-18(24)20-15-7-5-6-14(19)9-15/h5-9H,10-11H2,1-4H3,(H,20,24). The Kier molecular flexibility index (Phi) is 5.51. The quantitative estimate of drug-likeness (QED) is 0.828. The van der Waals surface area contributed by atoms with Gasteiger partial charge in [0.1, 0.15) is 5.82 Å². The third kappa shape index (κ3) is 4.29. The number of carbonyl (C=O) groups is 2. The maximum absolute atomic E-state index is 13.1. The number of amides is 1. The van der Waals surface area contributed by atoms with Crippen LogP contribution in [-0.2, 0) is 11.8 Å². The van der Waals surface area contributed by atoms with Crippen LogP contribution in [0.1, 0.15) is 21.7 Å². The smallest absolute Gasteiger partial charge is 0.238 e. The molecule has 0 aliphatic carbocycles. The molecule has 5 nitrogen and oxygen atoms in total. The number of aromatic nitrogens is 1. The van der Waals surface area contributed by atoms with Crippen LogP contribution in [0.25, 0.3) is 0 Å². The number of Topliss-reactive ketones (excluding diaryl/α,β-unsaturated/α-hetero) is 1. The third-order valence-electron chi connectivity index (χ3n) is 4.01. The monoisotopic (exact) mass is 331 g/mol. The lowest BCUT2D eigenvalue weighted by molar-refractivity contribution is -0.116. The number of hydrogen-bond donors (Lipinski definition) is 1. The summed E-state index contributed by atoms with van der Waals surface area (Å²) >= 11 is 0. The molecule has 1 heterocycles. The fourth-order valence-corrected chi connectivity index (χ4v) is 2.54. The molecule has 128 valence electrons. The highest BCUT2D eigenvalue weighted by molar-refractivity contribution is 5.99. The van der Waals surface area contributed by atoms with Crippen LogP contribution in [-0.4, -0.2) is 41.3 Å². The average Bonchev–Trinajstić information content (AvgIpc) is 2.74. The molecule has 1 aromatic carbocycles. The second-order valence-electron chi connectivity index (χ2n) is 6.00. The first-order chi connectivity index (χ1) is 11.3. The molecular formula is C18H22FN3O2. The maximum atomic E-state index is 13.1. The van der Waals surface area contributed by atoms with Crippen LogP contribution in [0.2, 0.25) is 0 Å². The number of aryl methyl sites for hydroxylation is 1. The number of nitrogens with zero attached hydrogens (tertiary/aromatic N) is 2. The molecule has 0 spiro atoms. The Bertz CT molecular complexity index is 768. The van der Waals surface area contributed by atoms with Crippen LogP contribution >= 0.6 is 0 Å². The summed E-state index contributed by atoms with van der Waals surface area (Å²) in [6.45, 7) is 4.03. The van der Waals surface area contributed by atoms with E-state index in [0.717, 1.165) is 11.4 Å². The highest BCUT2D eigenvalue weighted by Gasteiger charge is 2.17. The largest absolute Gasteiger partial charge is 0.351 e. The molecular weight excluding hydrogens is 309 g/mol. The van der Waals surface area contributed by atoms with E-state index in [2.05, 4.69) is 5.32 Å². The van der Waals surface area contributed by atoms with Crippen molar-refractivity contribution in [2.45, 2.75) is 13.8 Å². The molecule has 24 heavy (non-hydrogen) atoms. The molecule has 0 aliphatic rings. The van der Waals surface area contributed by atoms with Gasteiger partial charge in [0, 0.05) is 29.7 Å². The molecule has 0 saturated heterocycles. The van der Waals surface area contributed by atoms with Crippen molar-refractivity contribution >= 4 is 17.4 Å². The second kappa shape index (κ2) is 7.40. The number of carbonyl (C=O) groups excluding carboxylic acids is 2. The number of benzene rings is 1. The molecule has 0 atom stereocenters. The molecule has 0 aliphatic heterocycles. The van der Waals surface area contributed by atoms with Gasteiger partial charge in [-0.1, -0.05) is 6.07 Å². The van der Waals surface area contributed by atoms with Crippen molar-refractivity contribution in [3.05, 3.63) is 53.1 Å². The lowest BCUT2D eigenvalue weighted by Gasteiger charge is -2.15. The SMILES string of the molecule is Cc1cc(C(=O)CN(C)CC(=O)Nc2cccc(F)c2)c(C)n1C. The van der Waals surface area contributed by atoms with Crippen molar-refractivity contribution in [3.63, 3.8) is 0 Å². The summed E-state index contributed by atoms with van der Waals surface area (Å²) in [5.41, 5.74) is 3.00. The Morgan fingerprint density at radius 1 is 1.21 bits per heavy atom. The molecule has 0 bridgehead atoms. The van der Waals surface area contributed by atoms with Gasteiger partial charge in [-0.05, 0) is 45.2 Å². The zero-order chi connectivity index (χ0) is 17.9. The fraction of sp³-hybridized carbons (Fsp3) is 0.333. The van der Waals surface area contributed by atoms with E-state index in [1.54, 1.807) is 18.0 Å². The molecule has 1 N–H and O–H groups in total. The molecule has 0 saturated carbocycles. The first kappa shape index (κ1) is 17.9. The van der Waals surface area contributed by atoms with Gasteiger partial charge in [-0.2, -0.15) is 0 Å². The normalized spacial score (nSPS) is 10.9. The van der Waals surface area contributed by atoms with Crippen LogP contribution < -0.4 is 5.32 Å². The molecule has 1 amide bonds. The summed E-state index contributed by atoms with van der Waals surface area (Å²) in [7, 11) is 3.62. The summed E-state index contributed by atoms with van der Waals surface area (Å²) < 4.78 is 15.1. The van der Waals surface area contributed by atoms with Crippen molar-refractivity contribution in [2.75, 3.05) is 25.5 Å². The second-order valence-corrected chi connectivity index (χ2v) is 6.00. The van der Waals surface area contributed by atoms with Gasteiger partial charge in [-0.3, -0.25) is 14.5 Å². The lowest BCUT2D eigenvalue weighted by Crippen LogP contribution is -2.34. The first-order valence-electron chi connectivity index (χ1n) is 7.68. The predicted molar refractivity (Wildman–Crippen MR) is 91.7 cm³/mol. The number of likely N-dealkylation sites (N-methyl/N-ethyl adjacent to an activating group) is 1. The highest BCUT2D eigenvalue weighted by Crippen LogP contribution is 2.14. The minimum atomic E-state index is -0.411. The van der Waals surface area contributed by atoms with E-state index < -0.39 is 5.82 Å². The van der Waals surface area contributed by atoms with Gasteiger partial charge in [-0.15, -0.1) is 0 Å². The summed E-state index contributed by atoms with van der Waals surface area (Å²) in [5.74, 6) is -0.736. The maximum Gasteiger partial charge on any atom is 0.238 e. The number of ketones is 1. The van der Waals surface area contributed by atoms with E-state index in [9.17, 15) is 14.0 Å². The molecule has 1 aromatic heterocycles. The first-order valence-corrected chi connectivity index (χ1v) is 7.68. The molecule has 2 aromatic rings. The van der Waals surface area contributed by atoms with Crippen molar-refractivity contribution in [2.24, 2.45) is 7.05 Å². The van der Waals surface area contributed by atoms with Crippen LogP contribution in [0.5, 0.6) is 0 Å². The van der Waals surface area contributed by atoms with E-state index >= 15 is 0 Å². The Hall–Kier alpha value is -2.47. The van der Waals surface area contributed by atoms with Gasteiger partial charge < -0.3 is 9.88 Å². The average molecular weight is 331 g/mol. The molecule has 0 fully saturated rings. The summed E-state index contributed by atoms with van der Waals surface area (Å²) in [6, 6.07) is 7.56. The van der Waals surface area contributed by atoms with Gasteiger partial charge in [0.25, 0.3) is 0 Å². The van der Waals surface area contributed by atoms with E-state index in [0.29, 0.717) is 11.3 Å². The minimum Gasteiger partial charge on any atom is -0.351 e. The van der Waals surface area contributed by atoms with E-state index in [-0.39, 0.29) is 24.8 Å². The van der Waals surface area contributed by atoms with Crippen LogP contribution in [0, 0.1) is 19.7 Å². The van der Waals surface area contributed by atoms with E-state index in [4.69, 9.17) is 0 Å². The van der Waals surface area contributed by atoms with E-state index in [1.165, 1.54) is 18.2 Å². The lowest BCUT2D eigenvalue weighted by atomic mass is 10.1. The van der Waals surface area contributed by atoms with Crippen molar-refractivity contribution < 1.29 is 14.0 Å². The van der Waals surface area contributed by atoms with Gasteiger partial charge in [-0.25, -0.2) is 4.39 Å². The van der Waals surface area contributed by atoms with Gasteiger partial charge in [0.15, 0.2) is 5.78 Å². The Balaban J connectivity index is 1.92. The number of halogens is 1. The van der Waals surface area contributed by atoms with Crippen molar-refractivity contribution in [1.29, 1.82) is 0 Å². The molecule has 0 unspecified atom stereocenters. The van der Waals surface area contributed by atoms with Crippen molar-refractivity contribution in [3.8, 4) is 0 Å². The number of anilines is 1. The zero-order valence-corrected chi connectivity index (χ0v) is 14.4. The van der Waals surface area contributed by atoms with Gasteiger partial charge in [0.2, 0.25) is 5.91 Å². The van der Waals surface area contributed by atoms with Crippen molar-refractivity contribution in [1.82, 2.24) is 9.47 Å². The minimum absolute atomic E-state index is 0.0303. The summed E-state index contributed by atoms with van der Waals surface area (Å²) in [5, 5.41) is 2.62. The van der Waals surface area contributed by atoms with Gasteiger partial charge >= 0.3 is 0 Å². The molecule has 6 heteroatoms.